The number of nitrogens with one attached hydrogen (secondary N) is 2. The van der Waals surface area contributed by atoms with Gasteiger partial charge >= 0.3 is 0 Å². The molecule has 1 aliphatic rings. The Kier molecular flexibility index (Phi) is 4.02. The van der Waals surface area contributed by atoms with Crippen molar-refractivity contribution in [2.24, 2.45) is 0 Å². The lowest BCUT2D eigenvalue weighted by Crippen LogP contribution is -2.45. The van der Waals surface area contributed by atoms with Gasteiger partial charge in [-0.1, -0.05) is 13.8 Å². The smallest absolute Gasteiger partial charge is 0.165 e. The molecule has 24 heavy (non-hydrogen) atoms. The molecule has 0 aliphatic heterocycles. The van der Waals surface area contributed by atoms with Crippen molar-refractivity contribution in [2.45, 2.75) is 66.2 Å². The number of carbonyl (C=O) groups excluding carboxylic acids is 2. The molecule has 0 spiro atoms. The number of aryl methyl sites for hydroxylation is 2. The van der Waals surface area contributed by atoms with Crippen molar-refractivity contribution >= 4 is 11.6 Å². The third-order valence-electron chi connectivity index (χ3n) is 5.69. The molecule has 0 amide bonds. The van der Waals surface area contributed by atoms with Crippen LogP contribution in [0.1, 0.15) is 70.7 Å². The standard InChI is InChI=1S/C20H26N2O2/c1-7-13-9(3)17(21-11(13)5)15-19(23)16(20(15)24)18-10(4)14(8-2)12(6)22-18/h15-16,21-22H,7-8H2,1-6H3. The number of aromatic amines is 2. The third kappa shape index (κ3) is 2.12. The molecule has 0 atom stereocenters. The fourth-order valence-corrected chi connectivity index (χ4v) is 4.35. The monoisotopic (exact) mass is 326 g/mol. The second-order valence-electron chi connectivity index (χ2n) is 6.91. The van der Waals surface area contributed by atoms with Gasteiger partial charge < -0.3 is 9.97 Å². The first-order valence-electron chi connectivity index (χ1n) is 8.76. The van der Waals surface area contributed by atoms with E-state index in [0.717, 1.165) is 46.7 Å². The van der Waals surface area contributed by atoms with Crippen molar-refractivity contribution in [3.63, 3.8) is 0 Å². The second kappa shape index (κ2) is 5.76. The van der Waals surface area contributed by atoms with Crippen LogP contribution in [0.25, 0.3) is 0 Å². The summed E-state index contributed by atoms with van der Waals surface area (Å²) in [5, 5.41) is 0. The van der Waals surface area contributed by atoms with Gasteiger partial charge in [-0.2, -0.15) is 0 Å². The van der Waals surface area contributed by atoms with Gasteiger partial charge in [0, 0.05) is 22.8 Å². The summed E-state index contributed by atoms with van der Waals surface area (Å²) in [6.45, 7) is 12.2. The average molecular weight is 326 g/mol. The molecule has 0 unspecified atom stereocenters. The molecule has 128 valence electrons. The lowest BCUT2D eigenvalue weighted by atomic mass is 9.67. The summed E-state index contributed by atoms with van der Waals surface area (Å²) in [6.07, 6.45) is 1.81. The largest absolute Gasteiger partial charge is 0.361 e. The van der Waals surface area contributed by atoms with E-state index in [1.807, 2.05) is 27.7 Å². The molecule has 0 radical (unpaired) electrons. The predicted octanol–water partition coefficient (Wildman–Crippen LogP) is 3.72. The molecule has 1 fully saturated rings. The summed E-state index contributed by atoms with van der Waals surface area (Å²) in [5.41, 5.74) is 8.29. The summed E-state index contributed by atoms with van der Waals surface area (Å²) in [4.78, 5) is 32.2. The first-order valence-corrected chi connectivity index (χ1v) is 8.76. The fourth-order valence-electron chi connectivity index (χ4n) is 4.35. The lowest BCUT2D eigenvalue weighted by Gasteiger charge is -2.32. The van der Waals surface area contributed by atoms with Crippen LogP contribution < -0.4 is 0 Å². The maximum absolute atomic E-state index is 12.8. The van der Waals surface area contributed by atoms with Gasteiger partial charge in [0.05, 0.1) is 0 Å². The number of H-pyrrole nitrogens is 2. The average Bonchev–Trinajstić information content (AvgIpc) is 2.96. The van der Waals surface area contributed by atoms with Crippen molar-refractivity contribution in [3.05, 3.63) is 45.0 Å². The van der Waals surface area contributed by atoms with Crippen LogP contribution in [0, 0.1) is 27.7 Å². The van der Waals surface area contributed by atoms with Crippen molar-refractivity contribution in [2.75, 3.05) is 0 Å². The zero-order valence-corrected chi connectivity index (χ0v) is 15.4. The van der Waals surface area contributed by atoms with Crippen LogP contribution in [0.3, 0.4) is 0 Å². The zero-order valence-electron chi connectivity index (χ0n) is 15.4. The topological polar surface area (TPSA) is 65.7 Å². The van der Waals surface area contributed by atoms with E-state index < -0.39 is 11.8 Å². The molecule has 2 N–H and O–H groups in total. The molecular formula is C20H26N2O2. The van der Waals surface area contributed by atoms with Crippen molar-refractivity contribution in [1.29, 1.82) is 0 Å². The van der Waals surface area contributed by atoms with Crippen molar-refractivity contribution in [3.8, 4) is 0 Å². The summed E-state index contributed by atoms with van der Waals surface area (Å²) in [6, 6.07) is 0. The minimum Gasteiger partial charge on any atom is -0.361 e. The highest BCUT2D eigenvalue weighted by Crippen LogP contribution is 2.43. The van der Waals surface area contributed by atoms with Crippen LogP contribution in [0.5, 0.6) is 0 Å². The predicted molar refractivity (Wildman–Crippen MR) is 94.8 cm³/mol. The highest BCUT2D eigenvalue weighted by Gasteiger charge is 2.53. The van der Waals surface area contributed by atoms with Crippen LogP contribution in [-0.2, 0) is 22.4 Å². The summed E-state index contributed by atoms with van der Waals surface area (Å²) in [7, 11) is 0. The maximum atomic E-state index is 12.8. The summed E-state index contributed by atoms with van der Waals surface area (Å²) < 4.78 is 0. The van der Waals surface area contributed by atoms with Gasteiger partial charge in [0.2, 0.25) is 0 Å². The van der Waals surface area contributed by atoms with Gasteiger partial charge in [0.25, 0.3) is 0 Å². The summed E-state index contributed by atoms with van der Waals surface area (Å²) in [5.74, 6) is -1.22. The minimum atomic E-state index is -0.623. The molecule has 2 aromatic heterocycles. The number of aromatic nitrogens is 2. The van der Waals surface area contributed by atoms with Gasteiger partial charge in [0.15, 0.2) is 11.6 Å². The molecule has 1 aliphatic carbocycles. The Balaban J connectivity index is 1.96. The second-order valence-corrected chi connectivity index (χ2v) is 6.91. The number of hydrogen-bond donors (Lipinski definition) is 2. The fraction of sp³-hybridized carbons (Fsp3) is 0.500. The van der Waals surface area contributed by atoms with Gasteiger partial charge in [-0.3, -0.25) is 9.59 Å². The molecule has 4 heteroatoms. The molecule has 2 aromatic rings. The number of carbonyl (C=O) groups is 2. The highest BCUT2D eigenvalue weighted by atomic mass is 16.2. The molecular weight excluding hydrogens is 300 g/mol. The SMILES string of the molecule is CCc1c(C)[nH]c(C2C(=O)C(c3[nH]c(C)c(CC)c3C)C2=O)c1C. The normalized spacial score (nSPS) is 20.6. The molecule has 4 nitrogen and oxygen atoms in total. The Morgan fingerprint density at radius 3 is 1.29 bits per heavy atom. The van der Waals surface area contributed by atoms with Crippen LogP contribution in [0.2, 0.25) is 0 Å². The quantitative estimate of drug-likeness (QED) is 0.841. The molecule has 3 rings (SSSR count). The van der Waals surface area contributed by atoms with Crippen LogP contribution >= 0.6 is 0 Å². The van der Waals surface area contributed by atoms with E-state index in [0.29, 0.717) is 0 Å². The Bertz CT molecular complexity index is 756. The number of ketones is 2. The molecule has 2 heterocycles. The van der Waals surface area contributed by atoms with Gasteiger partial charge in [-0.05, 0) is 62.8 Å². The molecule has 0 saturated heterocycles. The van der Waals surface area contributed by atoms with Crippen LogP contribution in [0.4, 0.5) is 0 Å². The number of rotatable bonds is 4. The van der Waals surface area contributed by atoms with E-state index in [1.165, 1.54) is 11.1 Å². The van der Waals surface area contributed by atoms with Gasteiger partial charge in [-0.25, -0.2) is 0 Å². The van der Waals surface area contributed by atoms with Gasteiger partial charge in [-0.15, -0.1) is 0 Å². The minimum absolute atomic E-state index is 0.0130. The van der Waals surface area contributed by atoms with E-state index in [4.69, 9.17) is 0 Å². The van der Waals surface area contributed by atoms with Crippen molar-refractivity contribution < 1.29 is 9.59 Å². The Labute approximate surface area is 143 Å². The number of Topliss-reactive ketones (excluding diaryl/α,β-unsaturated/α-hetero) is 2. The van der Waals surface area contributed by atoms with E-state index >= 15 is 0 Å². The molecule has 0 bridgehead atoms. The molecule has 1 saturated carbocycles. The third-order valence-corrected chi connectivity index (χ3v) is 5.69. The molecule has 0 aromatic carbocycles. The van der Waals surface area contributed by atoms with E-state index in [2.05, 4.69) is 23.8 Å². The van der Waals surface area contributed by atoms with E-state index in [1.54, 1.807) is 0 Å². The Morgan fingerprint density at radius 2 is 1.04 bits per heavy atom. The Hall–Kier alpha value is -2.10. The maximum Gasteiger partial charge on any atom is 0.165 e. The van der Waals surface area contributed by atoms with E-state index in [9.17, 15) is 9.59 Å². The van der Waals surface area contributed by atoms with Crippen molar-refractivity contribution in [1.82, 2.24) is 9.97 Å². The van der Waals surface area contributed by atoms with Gasteiger partial charge in [0.1, 0.15) is 11.8 Å². The zero-order chi connectivity index (χ0) is 17.8. The van der Waals surface area contributed by atoms with E-state index in [-0.39, 0.29) is 11.6 Å². The first kappa shape index (κ1) is 16.7. The highest BCUT2D eigenvalue weighted by molar-refractivity contribution is 6.31. The number of hydrogen-bond acceptors (Lipinski definition) is 2. The summed E-state index contributed by atoms with van der Waals surface area (Å²) >= 11 is 0. The Morgan fingerprint density at radius 1 is 0.708 bits per heavy atom. The lowest BCUT2D eigenvalue weighted by molar-refractivity contribution is -0.142. The first-order chi connectivity index (χ1) is 11.3. The van der Waals surface area contributed by atoms with Crippen LogP contribution in [0.15, 0.2) is 0 Å². The van der Waals surface area contributed by atoms with Crippen LogP contribution in [-0.4, -0.2) is 21.5 Å².